The molecule has 0 saturated carbocycles. The van der Waals surface area contributed by atoms with Gasteiger partial charge < -0.3 is 14.4 Å². The van der Waals surface area contributed by atoms with Crippen LogP contribution in [0.2, 0.25) is 0 Å². The van der Waals surface area contributed by atoms with Gasteiger partial charge in [-0.3, -0.25) is 0 Å². The number of aromatic nitrogens is 3. The number of benzene rings is 3. The molecule has 9 heteroatoms. The van der Waals surface area contributed by atoms with E-state index in [1.165, 1.54) is 64.1 Å². The summed E-state index contributed by atoms with van der Waals surface area (Å²) in [6.45, 7) is -0.409. The fourth-order valence-corrected chi connectivity index (χ4v) is 4.29. The molecule has 0 bridgehead atoms. The summed E-state index contributed by atoms with van der Waals surface area (Å²) in [5.41, 5.74) is -0.988. The van der Waals surface area contributed by atoms with E-state index in [0.717, 1.165) is 10.9 Å². The minimum atomic E-state index is -4.95. The van der Waals surface area contributed by atoms with Crippen LogP contribution < -0.4 is 0 Å². The second kappa shape index (κ2) is 8.51. The molecule has 2 aromatic heterocycles. The molecule has 0 radical (unpaired) electrons. The summed E-state index contributed by atoms with van der Waals surface area (Å²) in [6.07, 6.45) is -2.00. The maximum absolute atomic E-state index is 14.4. The molecule has 0 aliphatic rings. The van der Waals surface area contributed by atoms with E-state index >= 15 is 0 Å². The summed E-state index contributed by atoms with van der Waals surface area (Å²) in [5, 5.41) is 16.5. The van der Waals surface area contributed by atoms with Gasteiger partial charge in [0.05, 0.1) is 30.6 Å². The van der Waals surface area contributed by atoms with Crippen molar-refractivity contribution in [3.63, 3.8) is 0 Å². The number of hydrogen-bond donors (Lipinski definition) is 1. The maximum atomic E-state index is 14.4. The van der Waals surface area contributed by atoms with Gasteiger partial charge in [0.15, 0.2) is 0 Å². The molecule has 0 fully saturated rings. The van der Waals surface area contributed by atoms with Gasteiger partial charge in [0.25, 0.3) is 0 Å². The molecule has 0 saturated heterocycles. The van der Waals surface area contributed by atoms with Crippen LogP contribution in [0.1, 0.15) is 11.1 Å². The first-order chi connectivity index (χ1) is 16.7. The molecule has 2 heterocycles. The highest BCUT2D eigenvalue weighted by molar-refractivity contribution is 5.82. The second-order valence-electron chi connectivity index (χ2n) is 8.43. The van der Waals surface area contributed by atoms with Crippen molar-refractivity contribution >= 4 is 21.8 Å². The standard InChI is InChI=1S/C26H21F4N3O2/c1-35-15-17-2-3-18-10-11-32(24(18)12-17)16-25(34,26(28,29)30)20-4-9-23-19(13-20)14-31-33(23)22-7-5-21(27)6-8-22/h2-14,34H,15-16H2,1H3. The summed E-state index contributed by atoms with van der Waals surface area (Å²) in [4.78, 5) is 0. The minimum Gasteiger partial charge on any atom is -0.380 e. The minimum absolute atomic E-state index is 0.300. The van der Waals surface area contributed by atoms with Crippen molar-refractivity contribution in [2.24, 2.45) is 0 Å². The van der Waals surface area contributed by atoms with Gasteiger partial charge in [0, 0.05) is 24.2 Å². The van der Waals surface area contributed by atoms with Crippen LogP contribution in [0.25, 0.3) is 27.5 Å². The van der Waals surface area contributed by atoms with E-state index in [1.54, 1.807) is 19.2 Å². The molecular formula is C26H21F4N3O2. The zero-order valence-electron chi connectivity index (χ0n) is 18.6. The van der Waals surface area contributed by atoms with Gasteiger partial charge in [0.1, 0.15) is 5.82 Å². The summed E-state index contributed by atoms with van der Waals surface area (Å²) < 4.78 is 64.4. The van der Waals surface area contributed by atoms with E-state index < -0.39 is 24.1 Å². The number of methoxy groups -OCH3 is 1. The van der Waals surface area contributed by atoms with E-state index in [9.17, 15) is 22.7 Å². The molecule has 3 aromatic carbocycles. The van der Waals surface area contributed by atoms with Crippen molar-refractivity contribution in [1.29, 1.82) is 0 Å². The Bertz CT molecular complexity index is 1510. The third-order valence-electron chi connectivity index (χ3n) is 6.13. The van der Waals surface area contributed by atoms with Gasteiger partial charge in [0.2, 0.25) is 5.60 Å². The third-order valence-corrected chi connectivity index (χ3v) is 6.13. The smallest absolute Gasteiger partial charge is 0.380 e. The lowest BCUT2D eigenvalue weighted by Gasteiger charge is -2.32. The lowest BCUT2D eigenvalue weighted by molar-refractivity contribution is -0.271. The number of halogens is 4. The number of nitrogens with zero attached hydrogens (tertiary/aromatic N) is 3. The van der Waals surface area contributed by atoms with Crippen LogP contribution in [-0.4, -0.2) is 32.7 Å². The van der Waals surface area contributed by atoms with Crippen LogP contribution in [0, 0.1) is 5.82 Å². The first-order valence-electron chi connectivity index (χ1n) is 10.8. The van der Waals surface area contributed by atoms with Crippen molar-refractivity contribution in [3.05, 3.63) is 96.1 Å². The first-order valence-corrected chi connectivity index (χ1v) is 10.8. The quantitative estimate of drug-likeness (QED) is 0.315. The van der Waals surface area contributed by atoms with Crippen LogP contribution in [-0.2, 0) is 23.5 Å². The van der Waals surface area contributed by atoms with Crippen LogP contribution in [0.4, 0.5) is 17.6 Å². The Balaban J connectivity index is 1.57. The Labute approximate surface area is 197 Å². The van der Waals surface area contributed by atoms with Gasteiger partial charge >= 0.3 is 6.18 Å². The topological polar surface area (TPSA) is 52.2 Å². The van der Waals surface area contributed by atoms with E-state index in [4.69, 9.17) is 4.74 Å². The van der Waals surface area contributed by atoms with Crippen molar-refractivity contribution in [3.8, 4) is 5.69 Å². The average molecular weight is 483 g/mol. The van der Waals surface area contributed by atoms with Gasteiger partial charge in [-0.15, -0.1) is 0 Å². The Morgan fingerprint density at radius 3 is 2.40 bits per heavy atom. The molecule has 5 nitrogen and oxygen atoms in total. The SMILES string of the molecule is COCc1ccc2ccn(CC(O)(c3ccc4c(cnn4-c4ccc(F)cc4)c3)C(F)(F)F)c2c1. The number of alkyl halides is 3. The maximum Gasteiger partial charge on any atom is 0.423 e. The molecule has 1 N–H and O–H groups in total. The van der Waals surface area contributed by atoms with Crippen LogP contribution in [0.5, 0.6) is 0 Å². The molecule has 1 atom stereocenters. The first kappa shape index (κ1) is 23.1. The molecule has 5 aromatic rings. The molecule has 0 amide bonds. The number of aliphatic hydroxyl groups is 1. The highest BCUT2D eigenvalue weighted by Gasteiger charge is 2.55. The highest BCUT2D eigenvalue weighted by Crippen LogP contribution is 2.42. The van der Waals surface area contributed by atoms with Gasteiger partial charge in [-0.25, -0.2) is 9.07 Å². The second-order valence-corrected chi connectivity index (χ2v) is 8.43. The fraction of sp³-hybridized carbons (Fsp3) is 0.192. The van der Waals surface area contributed by atoms with Crippen LogP contribution in [0.3, 0.4) is 0 Å². The summed E-state index contributed by atoms with van der Waals surface area (Å²) in [5.74, 6) is -0.408. The number of rotatable bonds is 6. The van der Waals surface area contributed by atoms with E-state index in [0.29, 0.717) is 28.7 Å². The highest BCUT2D eigenvalue weighted by atomic mass is 19.4. The van der Waals surface area contributed by atoms with E-state index in [1.807, 2.05) is 12.1 Å². The Morgan fingerprint density at radius 1 is 0.914 bits per heavy atom. The summed E-state index contributed by atoms with van der Waals surface area (Å²) >= 11 is 0. The van der Waals surface area contributed by atoms with Crippen molar-refractivity contribution in [2.75, 3.05) is 7.11 Å². The number of ether oxygens (including phenoxy) is 1. The van der Waals surface area contributed by atoms with Crippen LogP contribution >= 0.6 is 0 Å². The number of hydrogen-bond acceptors (Lipinski definition) is 3. The van der Waals surface area contributed by atoms with Gasteiger partial charge in [-0.05, 0) is 65.0 Å². The molecule has 5 rings (SSSR count). The Hall–Kier alpha value is -3.69. The molecule has 0 aliphatic heterocycles. The summed E-state index contributed by atoms with van der Waals surface area (Å²) in [7, 11) is 1.54. The Morgan fingerprint density at radius 2 is 1.69 bits per heavy atom. The zero-order chi connectivity index (χ0) is 24.8. The predicted molar refractivity (Wildman–Crippen MR) is 124 cm³/mol. The van der Waals surface area contributed by atoms with Gasteiger partial charge in [-0.2, -0.15) is 18.3 Å². The normalized spacial score (nSPS) is 14.0. The zero-order valence-corrected chi connectivity index (χ0v) is 18.6. The van der Waals surface area contributed by atoms with Crippen LogP contribution in [0.15, 0.2) is 79.1 Å². The molecule has 1 unspecified atom stereocenters. The summed E-state index contributed by atoms with van der Waals surface area (Å²) in [6, 6.07) is 16.7. The monoisotopic (exact) mass is 483 g/mol. The molecule has 180 valence electrons. The predicted octanol–water partition coefficient (Wildman–Crippen LogP) is 5.72. The number of fused-ring (bicyclic) bond motifs is 2. The van der Waals surface area contributed by atoms with Crippen molar-refractivity contribution < 1.29 is 27.4 Å². The van der Waals surface area contributed by atoms with E-state index in [2.05, 4.69) is 5.10 Å². The average Bonchev–Trinajstić information content (AvgIpc) is 3.43. The largest absolute Gasteiger partial charge is 0.423 e. The van der Waals surface area contributed by atoms with Gasteiger partial charge in [-0.1, -0.05) is 18.2 Å². The molecule has 0 spiro atoms. The van der Waals surface area contributed by atoms with Crippen molar-refractivity contribution in [1.82, 2.24) is 14.3 Å². The Kier molecular flexibility index (Phi) is 5.61. The molecule has 0 aliphatic carbocycles. The van der Waals surface area contributed by atoms with Crippen molar-refractivity contribution in [2.45, 2.75) is 24.9 Å². The lowest BCUT2D eigenvalue weighted by atomic mass is 9.91. The van der Waals surface area contributed by atoms with E-state index in [-0.39, 0.29) is 5.56 Å². The third kappa shape index (κ3) is 4.06. The lowest BCUT2D eigenvalue weighted by Crippen LogP contribution is -2.45. The molecule has 35 heavy (non-hydrogen) atoms. The molecular weight excluding hydrogens is 462 g/mol. The fourth-order valence-electron chi connectivity index (χ4n) is 4.29.